The molecule has 1 aliphatic carbocycles. The number of H-pyrrole nitrogens is 1. The Balaban J connectivity index is 0.00000156. The topological polar surface area (TPSA) is 62.1 Å². The Morgan fingerprint density at radius 3 is 2.74 bits per heavy atom. The number of aromatic amines is 1. The Morgan fingerprint density at radius 2 is 2.00 bits per heavy atom. The Hall–Kier alpha value is -1.52. The molecule has 0 bridgehead atoms. The quantitative estimate of drug-likeness (QED) is 0.842. The van der Waals surface area contributed by atoms with Gasteiger partial charge >= 0.3 is 0 Å². The fourth-order valence-electron chi connectivity index (χ4n) is 4.36. The van der Waals surface area contributed by atoms with E-state index in [9.17, 15) is 4.79 Å². The van der Waals surface area contributed by atoms with Crippen molar-refractivity contribution in [2.75, 3.05) is 13.1 Å². The van der Waals surface area contributed by atoms with E-state index in [-0.39, 0.29) is 24.4 Å². The highest BCUT2D eigenvalue weighted by atomic mass is 35.5. The number of hydrogen-bond donors (Lipinski definition) is 2. The number of nitrogens with one attached hydrogen (secondary N) is 1. The number of carbonyl (C=O) groups is 1. The average molecular weight is 334 g/mol. The van der Waals surface area contributed by atoms with Crippen LogP contribution in [0.4, 0.5) is 0 Å². The molecule has 124 valence electrons. The number of aryl methyl sites for hydroxylation is 2. The van der Waals surface area contributed by atoms with Crippen molar-refractivity contribution < 1.29 is 4.79 Å². The zero-order valence-electron chi connectivity index (χ0n) is 13.6. The molecule has 1 amide bonds. The van der Waals surface area contributed by atoms with Gasteiger partial charge in [0, 0.05) is 30.0 Å². The van der Waals surface area contributed by atoms with E-state index in [1.807, 2.05) is 11.0 Å². The van der Waals surface area contributed by atoms with Gasteiger partial charge < -0.3 is 15.6 Å². The van der Waals surface area contributed by atoms with Crippen LogP contribution in [0.15, 0.2) is 18.2 Å². The van der Waals surface area contributed by atoms with Gasteiger partial charge in [0.25, 0.3) is 5.91 Å². The monoisotopic (exact) mass is 333 g/mol. The van der Waals surface area contributed by atoms with E-state index in [0.29, 0.717) is 17.5 Å². The first-order valence-electron chi connectivity index (χ1n) is 8.18. The van der Waals surface area contributed by atoms with Crippen molar-refractivity contribution in [2.24, 2.45) is 17.6 Å². The molecule has 3 N–H and O–H groups in total. The second kappa shape index (κ2) is 5.84. The first kappa shape index (κ1) is 16.3. The van der Waals surface area contributed by atoms with Crippen molar-refractivity contribution in [3.63, 3.8) is 0 Å². The van der Waals surface area contributed by atoms with Crippen LogP contribution in [0.2, 0.25) is 0 Å². The van der Waals surface area contributed by atoms with E-state index in [0.717, 1.165) is 30.4 Å². The number of benzene rings is 1. The van der Waals surface area contributed by atoms with Crippen LogP contribution in [0.1, 0.15) is 34.5 Å². The third kappa shape index (κ3) is 2.64. The number of amides is 1. The zero-order valence-corrected chi connectivity index (χ0v) is 14.5. The van der Waals surface area contributed by atoms with E-state index in [1.165, 1.54) is 17.5 Å². The Bertz CT molecular complexity index is 754. The lowest BCUT2D eigenvalue weighted by molar-refractivity contribution is 0.0774. The molecule has 5 heteroatoms. The highest BCUT2D eigenvalue weighted by Crippen LogP contribution is 2.37. The van der Waals surface area contributed by atoms with Crippen molar-refractivity contribution in [1.29, 1.82) is 0 Å². The molecule has 1 saturated heterocycles. The maximum Gasteiger partial charge on any atom is 0.270 e. The molecule has 23 heavy (non-hydrogen) atoms. The van der Waals surface area contributed by atoms with Gasteiger partial charge in [-0.05, 0) is 61.8 Å². The lowest BCUT2D eigenvalue weighted by Gasteiger charge is -2.17. The Morgan fingerprint density at radius 1 is 1.22 bits per heavy atom. The number of rotatable bonds is 1. The summed E-state index contributed by atoms with van der Waals surface area (Å²) in [4.78, 5) is 18.1. The van der Waals surface area contributed by atoms with Gasteiger partial charge in [-0.1, -0.05) is 6.07 Å². The van der Waals surface area contributed by atoms with Gasteiger partial charge in [-0.3, -0.25) is 4.79 Å². The number of likely N-dealkylation sites (tertiary alicyclic amines) is 1. The van der Waals surface area contributed by atoms with E-state index in [1.54, 1.807) is 0 Å². The maximum absolute atomic E-state index is 12.8. The molecule has 1 aliphatic heterocycles. The van der Waals surface area contributed by atoms with E-state index in [2.05, 4.69) is 31.0 Å². The third-order valence-electron chi connectivity index (χ3n) is 5.52. The van der Waals surface area contributed by atoms with E-state index < -0.39 is 0 Å². The first-order valence-corrected chi connectivity index (χ1v) is 8.18. The highest BCUT2D eigenvalue weighted by Gasteiger charge is 2.42. The van der Waals surface area contributed by atoms with Crippen LogP contribution in [-0.2, 0) is 0 Å². The molecule has 3 unspecified atom stereocenters. The van der Waals surface area contributed by atoms with Gasteiger partial charge in [-0.15, -0.1) is 12.4 Å². The number of halogens is 1. The van der Waals surface area contributed by atoms with Crippen LogP contribution in [0.5, 0.6) is 0 Å². The summed E-state index contributed by atoms with van der Waals surface area (Å²) in [7, 11) is 0. The normalized spacial score (nSPS) is 26.4. The summed E-state index contributed by atoms with van der Waals surface area (Å²) >= 11 is 0. The number of nitrogens with two attached hydrogens (primary N) is 1. The molecule has 1 saturated carbocycles. The third-order valence-corrected chi connectivity index (χ3v) is 5.52. The van der Waals surface area contributed by atoms with Gasteiger partial charge in [0.05, 0.1) is 0 Å². The lowest BCUT2D eigenvalue weighted by Crippen LogP contribution is -2.33. The van der Waals surface area contributed by atoms with Crippen molar-refractivity contribution in [1.82, 2.24) is 9.88 Å². The molecular formula is C18H24ClN3O. The number of carbonyl (C=O) groups excluding carboxylic acids is 1. The summed E-state index contributed by atoms with van der Waals surface area (Å²) in [5.41, 5.74) is 10.4. The summed E-state index contributed by atoms with van der Waals surface area (Å²) in [6, 6.07) is 6.54. The minimum atomic E-state index is 0. The molecule has 1 aromatic carbocycles. The molecule has 2 aliphatic rings. The summed E-state index contributed by atoms with van der Waals surface area (Å²) in [6.45, 7) is 5.86. The van der Waals surface area contributed by atoms with Gasteiger partial charge in [0.1, 0.15) is 5.69 Å². The smallest absolute Gasteiger partial charge is 0.270 e. The van der Waals surface area contributed by atoms with Crippen LogP contribution < -0.4 is 5.73 Å². The Labute approximate surface area is 142 Å². The van der Waals surface area contributed by atoms with Crippen molar-refractivity contribution >= 4 is 29.2 Å². The minimum absolute atomic E-state index is 0. The van der Waals surface area contributed by atoms with Gasteiger partial charge in [-0.25, -0.2) is 0 Å². The summed E-state index contributed by atoms with van der Waals surface area (Å²) in [5.74, 6) is 1.22. The molecular weight excluding hydrogens is 310 g/mol. The molecule has 2 heterocycles. The standard InChI is InChI=1S/C18H23N3O.ClH/c1-10-5-11(2)13-7-17(20-16(13)6-10)18(22)21-8-12-3-4-15(19)14(12)9-21;/h5-7,12,14-15,20H,3-4,8-9,19H2,1-2H3;1H. The van der Waals surface area contributed by atoms with Crippen molar-refractivity contribution in [2.45, 2.75) is 32.7 Å². The average Bonchev–Trinajstić information content (AvgIpc) is 3.14. The van der Waals surface area contributed by atoms with E-state index >= 15 is 0 Å². The molecule has 1 aromatic heterocycles. The summed E-state index contributed by atoms with van der Waals surface area (Å²) < 4.78 is 0. The number of aromatic nitrogens is 1. The fraction of sp³-hybridized carbons (Fsp3) is 0.500. The SMILES string of the molecule is Cc1cc(C)c2cc(C(=O)N3CC4CCC(N)C4C3)[nH]c2c1.Cl. The highest BCUT2D eigenvalue weighted by molar-refractivity contribution is 5.99. The van der Waals surface area contributed by atoms with Gasteiger partial charge in [0.15, 0.2) is 0 Å². The predicted molar refractivity (Wildman–Crippen MR) is 95.1 cm³/mol. The van der Waals surface area contributed by atoms with Crippen LogP contribution >= 0.6 is 12.4 Å². The molecule has 3 atom stereocenters. The van der Waals surface area contributed by atoms with Crippen LogP contribution in [0.3, 0.4) is 0 Å². The van der Waals surface area contributed by atoms with Crippen LogP contribution in [0, 0.1) is 25.7 Å². The molecule has 2 aromatic rings. The molecule has 2 fully saturated rings. The van der Waals surface area contributed by atoms with E-state index in [4.69, 9.17) is 5.73 Å². The van der Waals surface area contributed by atoms with Crippen LogP contribution in [0.25, 0.3) is 10.9 Å². The lowest BCUT2D eigenvalue weighted by atomic mass is 9.98. The largest absolute Gasteiger partial charge is 0.351 e. The summed E-state index contributed by atoms with van der Waals surface area (Å²) in [6.07, 6.45) is 2.28. The second-order valence-electron chi connectivity index (χ2n) is 7.10. The Kier molecular flexibility index (Phi) is 4.15. The molecule has 4 rings (SSSR count). The first-order chi connectivity index (χ1) is 10.5. The zero-order chi connectivity index (χ0) is 15.4. The minimum Gasteiger partial charge on any atom is -0.351 e. The van der Waals surface area contributed by atoms with Crippen molar-refractivity contribution in [3.8, 4) is 0 Å². The van der Waals surface area contributed by atoms with Gasteiger partial charge in [-0.2, -0.15) is 0 Å². The predicted octanol–water partition coefficient (Wildman–Crippen LogP) is 3.02. The number of nitrogens with zero attached hydrogens (tertiary/aromatic N) is 1. The summed E-state index contributed by atoms with van der Waals surface area (Å²) in [5, 5.41) is 1.14. The van der Waals surface area contributed by atoms with Crippen LogP contribution in [-0.4, -0.2) is 34.9 Å². The molecule has 0 radical (unpaired) electrons. The number of hydrogen-bond acceptors (Lipinski definition) is 2. The fourth-order valence-corrected chi connectivity index (χ4v) is 4.36. The second-order valence-corrected chi connectivity index (χ2v) is 7.10. The number of fused-ring (bicyclic) bond motifs is 2. The van der Waals surface area contributed by atoms with Crippen molar-refractivity contribution in [3.05, 3.63) is 35.0 Å². The molecule has 4 nitrogen and oxygen atoms in total. The maximum atomic E-state index is 12.8. The molecule has 0 spiro atoms. The van der Waals surface area contributed by atoms with Gasteiger partial charge in [0.2, 0.25) is 0 Å².